The molecule has 0 unspecified atom stereocenters. The Bertz CT molecular complexity index is 985. The van der Waals surface area contributed by atoms with Crippen LogP contribution in [0.4, 0.5) is 13.2 Å². The van der Waals surface area contributed by atoms with Crippen LogP contribution in [-0.4, -0.2) is 18.4 Å². The zero-order valence-electron chi connectivity index (χ0n) is 16.2. The molecule has 0 spiro atoms. The van der Waals surface area contributed by atoms with E-state index in [1.54, 1.807) is 48.5 Å². The van der Waals surface area contributed by atoms with Crippen LogP contribution in [0.3, 0.4) is 0 Å². The van der Waals surface area contributed by atoms with Crippen LogP contribution >= 0.6 is 0 Å². The maximum atomic E-state index is 12.8. The molecule has 3 aromatic carbocycles. The number of hydrazine groups is 1. The molecule has 0 saturated heterocycles. The van der Waals surface area contributed by atoms with Gasteiger partial charge in [-0.2, -0.15) is 13.2 Å². The van der Waals surface area contributed by atoms with Crippen LogP contribution in [0.5, 0.6) is 5.75 Å². The van der Waals surface area contributed by atoms with Crippen molar-refractivity contribution in [3.8, 4) is 5.75 Å². The molecule has 3 rings (SSSR count). The highest BCUT2D eigenvalue weighted by Crippen LogP contribution is 2.31. The number of carbonyl (C=O) groups is 2. The monoisotopic (exact) mass is 428 g/mol. The van der Waals surface area contributed by atoms with E-state index in [-0.39, 0.29) is 5.75 Å². The lowest BCUT2D eigenvalue weighted by Gasteiger charge is -2.18. The largest absolute Gasteiger partial charge is 0.484 e. The Morgan fingerprint density at radius 3 is 1.94 bits per heavy atom. The third-order valence-corrected chi connectivity index (χ3v) is 4.38. The number of nitrogens with one attached hydrogen (secondary N) is 2. The van der Waals surface area contributed by atoms with E-state index >= 15 is 0 Å². The fourth-order valence-electron chi connectivity index (χ4n) is 2.94. The van der Waals surface area contributed by atoms with Gasteiger partial charge < -0.3 is 4.74 Å². The lowest BCUT2D eigenvalue weighted by molar-refractivity contribution is -0.137. The van der Waals surface area contributed by atoms with Crippen LogP contribution in [0.1, 0.15) is 22.6 Å². The molecule has 0 aliphatic carbocycles. The van der Waals surface area contributed by atoms with Crippen molar-refractivity contribution in [1.29, 1.82) is 0 Å². The van der Waals surface area contributed by atoms with Crippen molar-refractivity contribution >= 4 is 11.8 Å². The average molecular weight is 428 g/mol. The number of benzene rings is 3. The van der Waals surface area contributed by atoms with E-state index in [1.165, 1.54) is 12.1 Å². The van der Waals surface area contributed by atoms with Gasteiger partial charge in [0.15, 0.2) is 6.61 Å². The van der Waals surface area contributed by atoms with E-state index in [4.69, 9.17) is 4.74 Å². The predicted molar refractivity (Wildman–Crippen MR) is 108 cm³/mol. The molecule has 0 atom stereocenters. The number of rotatable bonds is 6. The maximum absolute atomic E-state index is 12.8. The summed E-state index contributed by atoms with van der Waals surface area (Å²) in [6.45, 7) is -0.567. The van der Waals surface area contributed by atoms with Crippen molar-refractivity contribution < 1.29 is 27.5 Å². The standard InChI is InChI=1S/C23H19F3N2O3/c24-23(25,26)18-12-7-13-19(14-18)31-15-20(29)27-28-22(30)21(16-8-3-1-4-9-16)17-10-5-2-6-11-17/h1-14,21H,15H2,(H,27,29)(H,28,30). The Morgan fingerprint density at radius 2 is 1.39 bits per heavy atom. The summed E-state index contributed by atoms with van der Waals surface area (Å²) in [5.41, 5.74) is 5.18. The Balaban J connectivity index is 1.60. The second-order valence-corrected chi connectivity index (χ2v) is 6.61. The molecule has 3 aromatic rings. The summed E-state index contributed by atoms with van der Waals surface area (Å²) >= 11 is 0. The van der Waals surface area contributed by atoms with Crippen molar-refractivity contribution in [2.45, 2.75) is 12.1 Å². The normalized spacial score (nSPS) is 11.1. The lowest BCUT2D eigenvalue weighted by Crippen LogP contribution is -2.46. The molecule has 0 bridgehead atoms. The molecule has 160 valence electrons. The molecule has 0 fully saturated rings. The van der Waals surface area contributed by atoms with Crippen LogP contribution in [0.15, 0.2) is 84.9 Å². The van der Waals surface area contributed by atoms with Gasteiger partial charge in [0.05, 0.1) is 11.5 Å². The van der Waals surface area contributed by atoms with Crippen molar-refractivity contribution in [2.24, 2.45) is 0 Å². The van der Waals surface area contributed by atoms with Crippen LogP contribution in [0.2, 0.25) is 0 Å². The fraction of sp³-hybridized carbons (Fsp3) is 0.130. The van der Waals surface area contributed by atoms with Gasteiger partial charge in [0.25, 0.3) is 5.91 Å². The maximum Gasteiger partial charge on any atom is 0.416 e. The van der Waals surface area contributed by atoms with Gasteiger partial charge in [-0.05, 0) is 29.3 Å². The van der Waals surface area contributed by atoms with Gasteiger partial charge in [0.1, 0.15) is 5.75 Å². The first kappa shape index (κ1) is 21.9. The number of hydrogen-bond acceptors (Lipinski definition) is 3. The fourth-order valence-corrected chi connectivity index (χ4v) is 2.94. The second-order valence-electron chi connectivity index (χ2n) is 6.61. The smallest absolute Gasteiger partial charge is 0.416 e. The van der Waals surface area contributed by atoms with Crippen LogP contribution < -0.4 is 15.6 Å². The van der Waals surface area contributed by atoms with Crippen LogP contribution in [-0.2, 0) is 15.8 Å². The Kier molecular flexibility index (Phi) is 6.92. The van der Waals surface area contributed by atoms with Crippen molar-refractivity contribution in [1.82, 2.24) is 10.9 Å². The van der Waals surface area contributed by atoms with Gasteiger partial charge in [-0.3, -0.25) is 20.4 Å². The third kappa shape index (κ3) is 6.08. The summed E-state index contributed by atoms with van der Waals surface area (Å²) in [6, 6.07) is 22.3. The van der Waals surface area contributed by atoms with E-state index in [0.717, 1.165) is 23.3 Å². The molecule has 8 heteroatoms. The number of amides is 2. The molecule has 0 radical (unpaired) electrons. The van der Waals surface area contributed by atoms with E-state index in [0.29, 0.717) is 0 Å². The Labute approximate surface area is 176 Å². The quantitative estimate of drug-likeness (QED) is 0.582. The number of ether oxygens (including phenoxy) is 1. The molecule has 0 saturated carbocycles. The first-order chi connectivity index (χ1) is 14.8. The number of halogens is 3. The summed E-state index contributed by atoms with van der Waals surface area (Å²) < 4.78 is 43.4. The predicted octanol–water partition coefficient (Wildman–Crippen LogP) is 4.06. The second kappa shape index (κ2) is 9.80. The zero-order chi connectivity index (χ0) is 22.3. The number of carbonyl (C=O) groups excluding carboxylic acids is 2. The molecular formula is C23H19F3N2O3. The third-order valence-electron chi connectivity index (χ3n) is 4.38. The highest BCUT2D eigenvalue weighted by atomic mass is 19.4. The van der Waals surface area contributed by atoms with Gasteiger partial charge in [-0.25, -0.2) is 0 Å². The van der Waals surface area contributed by atoms with E-state index in [9.17, 15) is 22.8 Å². The Morgan fingerprint density at radius 1 is 0.806 bits per heavy atom. The first-order valence-corrected chi connectivity index (χ1v) is 9.33. The molecule has 0 heterocycles. The van der Waals surface area contributed by atoms with Gasteiger partial charge >= 0.3 is 6.18 Å². The minimum Gasteiger partial charge on any atom is -0.484 e. The first-order valence-electron chi connectivity index (χ1n) is 9.33. The lowest BCUT2D eigenvalue weighted by atomic mass is 9.91. The number of hydrogen-bond donors (Lipinski definition) is 2. The highest BCUT2D eigenvalue weighted by Gasteiger charge is 2.30. The van der Waals surface area contributed by atoms with Gasteiger partial charge in [0, 0.05) is 0 Å². The summed E-state index contributed by atoms with van der Waals surface area (Å²) in [4.78, 5) is 24.8. The summed E-state index contributed by atoms with van der Waals surface area (Å²) in [7, 11) is 0. The molecule has 2 amide bonds. The molecule has 0 aromatic heterocycles. The summed E-state index contributed by atoms with van der Waals surface area (Å²) in [6.07, 6.45) is -4.51. The Hall–Kier alpha value is -3.81. The molecule has 0 aliphatic heterocycles. The molecule has 31 heavy (non-hydrogen) atoms. The molecule has 2 N–H and O–H groups in total. The number of alkyl halides is 3. The topological polar surface area (TPSA) is 67.4 Å². The summed E-state index contributed by atoms with van der Waals surface area (Å²) in [5.74, 6) is -1.95. The van der Waals surface area contributed by atoms with Crippen LogP contribution in [0, 0.1) is 0 Å². The highest BCUT2D eigenvalue weighted by molar-refractivity contribution is 5.89. The molecule has 0 aliphatic rings. The van der Waals surface area contributed by atoms with Crippen molar-refractivity contribution in [3.05, 3.63) is 102 Å². The molecule has 5 nitrogen and oxygen atoms in total. The van der Waals surface area contributed by atoms with Crippen molar-refractivity contribution in [3.63, 3.8) is 0 Å². The van der Waals surface area contributed by atoms with E-state index in [1.807, 2.05) is 12.1 Å². The van der Waals surface area contributed by atoms with E-state index < -0.39 is 36.1 Å². The summed E-state index contributed by atoms with van der Waals surface area (Å²) in [5, 5.41) is 0. The SMILES string of the molecule is O=C(COc1cccc(C(F)(F)F)c1)NNC(=O)C(c1ccccc1)c1ccccc1. The zero-order valence-corrected chi connectivity index (χ0v) is 16.2. The molecular weight excluding hydrogens is 409 g/mol. The van der Waals surface area contributed by atoms with E-state index in [2.05, 4.69) is 10.9 Å². The van der Waals surface area contributed by atoms with Gasteiger partial charge in [0.2, 0.25) is 5.91 Å². The van der Waals surface area contributed by atoms with Gasteiger partial charge in [-0.15, -0.1) is 0 Å². The van der Waals surface area contributed by atoms with Gasteiger partial charge in [-0.1, -0.05) is 66.7 Å². The minimum absolute atomic E-state index is 0.109. The average Bonchev–Trinajstić information content (AvgIpc) is 2.77. The van der Waals surface area contributed by atoms with Crippen molar-refractivity contribution in [2.75, 3.05) is 6.61 Å². The minimum atomic E-state index is -4.51. The van der Waals surface area contributed by atoms with Crippen LogP contribution in [0.25, 0.3) is 0 Å².